The SMILES string of the molecule is CN(C)S(=O)(=O)N1CCCC(c2cccc(-c3cccc(C(N)=O)c3)n2)C1. The molecule has 8 heteroatoms. The van der Waals surface area contributed by atoms with Crippen LogP contribution >= 0.6 is 0 Å². The van der Waals surface area contributed by atoms with Gasteiger partial charge in [-0.3, -0.25) is 9.78 Å². The highest BCUT2D eigenvalue weighted by atomic mass is 32.2. The van der Waals surface area contributed by atoms with E-state index in [1.54, 1.807) is 32.3 Å². The summed E-state index contributed by atoms with van der Waals surface area (Å²) in [7, 11) is -0.340. The number of rotatable bonds is 5. The van der Waals surface area contributed by atoms with E-state index in [4.69, 9.17) is 10.7 Å². The molecule has 1 aromatic heterocycles. The van der Waals surface area contributed by atoms with Gasteiger partial charge in [-0.1, -0.05) is 18.2 Å². The average Bonchev–Trinajstić information content (AvgIpc) is 2.68. The number of carbonyl (C=O) groups is 1. The van der Waals surface area contributed by atoms with Crippen LogP contribution in [0.2, 0.25) is 0 Å². The van der Waals surface area contributed by atoms with Gasteiger partial charge in [-0.2, -0.15) is 17.0 Å². The lowest BCUT2D eigenvalue weighted by molar-refractivity contribution is 0.100. The zero-order valence-electron chi connectivity index (χ0n) is 15.5. The summed E-state index contributed by atoms with van der Waals surface area (Å²) in [6.07, 6.45) is 1.68. The highest BCUT2D eigenvalue weighted by molar-refractivity contribution is 7.86. The fourth-order valence-electron chi connectivity index (χ4n) is 3.30. The van der Waals surface area contributed by atoms with Gasteiger partial charge in [0.1, 0.15) is 0 Å². The van der Waals surface area contributed by atoms with E-state index in [2.05, 4.69) is 0 Å². The summed E-state index contributed by atoms with van der Waals surface area (Å²) in [6.45, 7) is 0.940. The Morgan fingerprint density at radius 1 is 1.22 bits per heavy atom. The van der Waals surface area contributed by atoms with Gasteiger partial charge in [0, 0.05) is 49.9 Å². The van der Waals surface area contributed by atoms with Crippen LogP contribution in [0.1, 0.15) is 34.8 Å². The molecule has 3 rings (SSSR count). The molecule has 144 valence electrons. The van der Waals surface area contributed by atoms with Crippen molar-refractivity contribution < 1.29 is 13.2 Å². The number of primary amides is 1. The molecule has 0 bridgehead atoms. The molecule has 2 aromatic rings. The molecule has 1 unspecified atom stereocenters. The summed E-state index contributed by atoms with van der Waals surface area (Å²) in [4.78, 5) is 16.2. The van der Waals surface area contributed by atoms with Gasteiger partial charge in [-0.15, -0.1) is 0 Å². The Bertz CT molecular complexity index is 943. The first-order chi connectivity index (χ1) is 12.8. The first kappa shape index (κ1) is 19.5. The Morgan fingerprint density at radius 2 is 1.96 bits per heavy atom. The topological polar surface area (TPSA) is 96.6 Å². The van der Waals surface area contributed by atoms with Gasteiger partial charge in [0.25, 0.3) is 10.2 Å². The van der Waals surface area contributed by atoms with Crippen LogP contribution in [-0.2, 0) is 10.2 Å². The van der Waals surface area contributed by atoms with Crippen LogP contribution in [0.15, 0.2) is 42.5 Å². The molecule has 0 saturated carbocycles. The number of hydrogen-bond donors (Lipinski definition) is 1. The van der Waals surface area contributed by atoms with Gasteiger partial charge in [0.15, 0.2) is 0 Å². The summed E-state index contributed by atoms with van der Waals surface area (Å²) in [5, 5.41) is 0. The standard InChI is InChI=1S/C19H24N4O3S/c1-22(2)27(25,26)23-11-5-8-16(13-23)18-10-4-9-17(21-18)14-6-3-7-15(12-14)19(20)24/h3-4,6-7,9-10,12,16H,5,8,11,13H2,1-2H3,(H2,20,24). The molecule has 1 aromatic carbocycles. The van der Waals surface area contributed by atoms with Crippen molar-refractivity contribution in [2.24, 2.45) is 5.73 Å². The number of aromatic nitrogens is 1. The third-order valence-corrected chi connectivity index (χ3v) is 6.71. The molecule has 1 aliphatic rings. The zero-order valence-corrected chi connectivity index (χ0v) is 16.3. The van der Waals surface area contributed by atoms with Crippen molar-refractivity contribution in [3.8, 4) is 11.3 Å². The predicted molar refractivity (Wildman–Crippen MR) is 104 cm³/mol. The van der Waals surface area contributed by atoms with Gasteiger partial charge in [0.05, 0.1) is 5.69 Å². The van der Waals surface area contributed by atoms with E-state index < -0.39 is 16.1 Å². The average molecular weight is 388 g/mol. The normalized spacial score (nSPS) is 18.6. The van der Waals surface area contributed by atoms with E-state index in [1.165, 1.54) is 8.61 Å². The fraction of sp³-hybridized carbons (Fsp3) is 0.368. The fourth-order valence-corrected chi connectivity index (χ4v) is 4.49. The summed E-state index contributed by atoms with van der Waals surface area (Å²) in [5.41, 5.74) is 8.20. The van der Waals surface area contributed by atoms with E-state index >= 15 is 0 Å². The third kappa shape index (κ3) is 4.18. The Labute approximate surface area is 160 Å². The van der Waals surface area contributed by atoms with Gasteiger partial charge in [-0.05, 0) is 37.1 Å². The minimum atomic E-state index is -3.43. The molecular weight excluding hydrogens is 364 g/mol. The molecule has 0 spiro atoms. The molecule has 1 amide bonds. The maximum Gasteiger partial charge on any atom is 0.281 e. The second-order valence-corrected chi connectivity index (χ2v) is 9.02. The maximum absolute atomic E-state index is 12.4. The molecule has 0 aliphatic carbocycles. The number of piperidine rings is 1. The Morgan fingerprint density at radius 3 is 2.67 bits per heavy atom. The smallest absolute Gasteiger partial charge is 0.281 e. The number of amides is 1. The molecule has 7 nitrogen and oxygen atoms in total. The molecule has 27 heavy (non-hydrogen) atoms. The predicted octanol–water partition coefficient (Wildman–Crippen LogP) is 1.83. The Balaban J connectivity index is 1.87. The van der Waals surface area contributed by atoms with E-state index in [1.807, 2.05) is 24.3 Å². The maximum atomic E-state index is 12.4. The van der Waals surface area contributed by atoms with E-state index in [9.17, 15) is 13.2 Å². The number of pyridine rings is 1. The monoisotopic (exact) mass is 388 g/mol. The van der Waals surface area contributed by atoms with Gasteiger partial charge in [0.2, 0.25) is 5.91 Å². The minimum Gasteiger partial charge on any atom is -0.366 e. The number of nitrogens with zero attached hydrogens (tertiary/aromatic N) is 3. The van der Waals surface area contributed by atoms with Crippen LogP contribution in [0, 0.1) is 0 Å². The summed E-state index contributed by atoms with van der Waals surface area (Å²) in [5.74, 6) is -0.447. The van der Waals surface area contributed by atoms with Crippen molar-refractivity contribution >= 4 is 16.1 Å². The second kappa shape index (κ2) is 7.75. The molecule has 1 saturated heterocycles. The second-order valence-electron chi connectivity index (χ2n) is 6.88. The number of nitrogens with two attached hydrogens (primary N) is 1. The lowest BCUT2D eigenvalue weighted by Crippen LogP contribution is -2.45. The quantitative estimate of drug-likeness (QED) is 0.845. The molecular formula is C19H24N4O3S. The van der Waals surface area contributed by atoms with Crippen LogP contribution in [0.4, 0.5) is 0 Å². The Hall–Kier alpha value is -2.29. The van der Waals surface area contributed by atoms with Crippen LogP contribution in [0.25, 0.3) is 11.3 Å². The lowest BCUT2D eigenvalue weighted by Gasteiger charge is -2.33. The van der Waals surface area contributed by atoms with Crippen molar-refractivity contribution in [3.05, 3.63) is 53.7 Å². The van der Waals surface area contributed by atoms with Crippen molar-refractivity contribution in [1.29, 1.82) is 0 Å². The van der Waals surface area contributed by atoms with Crippen molar-refractivity contribution in [2.75, 3.05) is 27.2 Å². The molecule has 0 radical (unpaired) electrons. The van der Waals surface area contributed by atoms with Crippen molar-refractivity contribution in [2.45, 2.75) is 18.8 Å². The van der Waals surface area contributed by atoms with Crippen LogP contribution < -0.4 is 5.73 Å². The summed E-state index contributed by atoms with van der Waals surface area (Å²) in [6, 6.07) is 12.8. The van der Waals surface area contributed by atoms with E-state index in [0.717, 1.165) is 29.8 Å². The molecule has 1 fully saturated rings. The summed E-state index contributed by atoms with van der Waals surface area (Å²) < 4.78 is 27.6. The van der Waals surface area contributed by atoms with Gasteiger partial charge < -0.3 is 5.73 Å². The first-order valence-corrected chi connectivity index (χ1v) is 10.2. The number of hydrogen-bond acceptors (Lipinski definition) is 4. The van der Waals surface area contributed by atoms with Crippen LogP contribution in [0.3, 0.4) is 0 Å². The number of carbonyl (C=O) groups excluding carboxylic acids is 1. The highest BCUT2D eigenvalue weighted by Crippen LogP contribution is 2.29. The summed E-state index contributed by atoms with van der Waals surface area (Å²) >= 11 is 0. The molecule has 1 aliphatic heterocycles. The zero-order chi connectivity index (χ0) is 19.6. The molecule has 2 heterocycles. The first-order valence-electron chi connectivity index (χ1n) is 8.84. The lowest BCUT2D eigenvalue weighted by atomic mass is 9.95. The van der Waals surface area contributed by atoms with Crippen LogP contribution in [0.5, 0.6) is 0 Å². The Kier molecular flexibility index (Phi) is 5.59. The van der Waals surface area contributed by atoms with Gasteiger partial charge in [-0.25, -0.2) is 0 Å². The van der Waals surface area contributed by atoms with Crippen LogP contribution in [-0.4, -0.2) is 55.1 Å². The number of benzene rings is 1. The minimum absolute atomic E-state index is 0.0350. The van der Waals surface area contributed by atoms with E-state index in [0.29, 0.717) is 18.7 Å². The van der Waals surface area contributed by atoms with Gasteiger partial charge >= 0.3 is 0 Å². The van der Waals surface area contributed by atoms with Crippen molar-refractivity contribution in [3.63, 3.8) is 0 Å². The van der Waals surface area contributed by atoms with E-state index in [-0.39, 0.29) is 5.92 Å². The molecule has 2 N–H and O–H groups in total. The van der Waals surface area contributed by atoms with Crippen molar-refractivity contribution in [1.82, 2.24) is 13.6 Å². The molecule has 1 atom stereocenters. The highest BCUT2D eigenvalue weighted by Gasteiger charge is 2.31. The third-order valence-electron chi connectivity index (χ3n) is 4.80. The largest absolute Gasteiger partial charge is 0.366 e.